The van der Waals surface area contributed by atoms with Gasteiger partial charge in [0.1, 0.15) is 0 Å². The van der Waals surface area contributed by atoms with Crippen molar-refractivity contribution in [1.29, 1.82) is 0 Å². The summed E-state index contributed by atoms with van der Waals surface area (Å²) in [5, 5.41) is 7.05. The van der Waals surface area contributed by atoms with E-state index in [2.05, 4.69) is 10.6 Å². The summed E-state index contributed by atoms with van der Waals surface area (Å²) in [7, 11) is -3.91. The minimum absolute atomic E-state index is 0.0628. The lowest BCUT2D eigenvalue weighted by Crippen LogP contribution is -2.52. The van der Waals surface area contributed by atoms with Gasteiger partial charge >= 0.3 is 6.03 Å². The predicted octanol–water partition coefficient (Wildman–Crippen LogP) is 5.66. The van der Waals surface area contributed by atoms with Crippen molar-refractivity contribution >= 4 is 62.2 Å². The standard InChI is InChI=1S/C25H23Cl3N4O3S/c1-15-13-29-9-10-31(15)36(34,35)16-11-18(17-5-2-3-6-20(17)26)19-14-30-25(33)32(23(19)12-16)24-21(27)7-4-8-22(24)28/h2-8,11-12,15,29H,9-10,13-14H2,1H3,(H,30,33). The van der Waals surface area contributed by atoms with Crippen molar-refractivity contribution in [3.8, 4) is 11.1 Å². The molecule has 2 heterocycles. The van der Waals surface area contributed by atoms with Crippen LogP contribution in [-0.2, 0) is 16.6 Å². The molecule has 1 unspecified atom stereocenters. The van der Waals surface area contributed by atoms with Gasteiger partial charge in [-0.2, -0.15) is 4.31 Å². The third-order valence-electron chi connectivity index (χ3n) is 6.43. The smallest absolute Gasteiger partial charge is 0.326 e. The fourth-order valence-electron chi connectivity index (χ4n) is 4.68. The number of nitrogens with one attached hydrogen (secondary N) is 2. The van der Waals surface area contributed by atoms with E-state index in [1.807, 2.05) is 19.1 Å². The first kappa shape index (κ1) is 25.3. The van der Waals surface area contributed by atoms with Crippen molar-refractivity contribution in [1.82, 2.24) is 14.9 Å². The van der Waals surface area contributed by atoms with Crippen LogP contribution in [0, 0.1) is 0 Å². The van der Waals surface area contributed by atoms with Crippen LogP contribution in [0.25, 0.3) is 11.1 Å². The molecule has 0 spiro atoms. The molecule has 3 aromatic rings. The lowest BCUT2D eigenvalue weighted by atomic mass is 9.96. The monoisotopic (exact) mass is 564 g/mol. The summed E-state index contributed by atoms with van der Waals surface area (Å²) in [6, 6.07) is 14.6. The zero-order valence-corrected chi connectivity index (χ0v) is 22.3. The third kappa shape index (κ3) is 4.36. The highest BCUT2D eigenvalue weighted by Crippen LogP contribution is 2.45. The molecular weight excluding hydrogens is 543 g/mol. The number of urea groups is 1. The Morgan fingerprint density at radius 1 is 0.944 bits per heavy atom. The van der Waals surface area contributed by atoms with Gasteiger partial charge in [0.25, 0.3) is 0 Å². The number of rotatable bonds is 4. The van der Waals surface area contributed by atoms with E-state index in [1.54, 1.807) is 36.4 Å². The minimum atomic E-state index is -3.91. The fraction of sp³-hybridized carbons (Fsp3) is 0.240. The molecule has 0 aromatic heterocycles. The van der Waals surface area contributed by atoms with Crippen LogP contribution in [-0.4, -0.2) is 44.4 Å². The number of halogens is 3. The Morgan fingerprint density at radius 3 is 2.33 bits per heavy atom. The number of hydrogen-bond donors (Lipinski definition) is 2. The zero-order chi connectivity index (χ0) is 25.6. The van der Waals surface area contributed by atoms with Crippen LogP contribution in [0.1, 0.15) is 12.5 Å². The summed E-state index contributed by atoms with van der Waals surface area (Å²) in [5.41, 5.74) is 2.61. The zero-order valence-electron chi connectivity index (χ0n) is 19.3. The van der Waals surface area contributed by atoms with E-state index < -0.39 is 16.1 Å². The summed E-state index contributed by atoms with van der Waals surface area (Å²) in [6.07, 6.45) is 0. The molecule has 2 aliphatic rings. The molecule has 0 aliphatic carbocycles. The molecular formula is C25H23Cl3N4O3S. The SMILES string of the molecule is CC1CNCCN1S(=O)(=O)c1cc(-c2ccccc2Cl)c2c(c1)N(c1c(Cl)cccc1Cl)C(=O)NC2. The normalized spacial score (nSPS) is 18.6. The number of benzene rings is 3. The van der Waals surface area contributed by atoms with Gasteiger partial charge in [-0.25, -0.2) is 13.2 Å². The number of fused-ring (bicyclic) bond motifs is 1. The van der Waals surface area contributed by atoms with Crippen LogP contribution in [0.3, 0.4) is 0 Å². The van der Waals surface area contributed by atoms with Gasteiger partial charge in [-0.15, -0.1) is 0 Å². The molecule has 0 radical (unpaired) electrons. The number of para-hydroxylation sites is 1. The topological polar surface area (TPSA) is 81.8 Å². The number of nitrogens with zero attached hydrogens (tertiary/aromatic N) is 2. The van der Waals surface area contributed by atoms with Gasteiger partial charge in [0, 0.05) is 48.4 Å². The van der Waals surface area contributed by atoms with Gasteiger partial charge < -0.3 is 10.6 Å². The molecule has 7 nitrogen and oxygen atoms in total. The highest BCUT2D eigenvalue weighted by Gasteiger charge is 2.36. The van der Waals surface area contributed by atoms with E-state index in [1.165, 1.54) is 15.3 Å². The number of anilines is 2. The van der Waals surface area contributed by atoms with Crippen LogP contribution in [0.5, 0.6) is 0 Å². The Hall–Kier alpha value is -2.33. The Morgan fingerprint density at radius 2 is 1.64 bits per heavy atom. The van der Waals surface area contributed by atoms with E-state index in [-0.39, 0.29) is 33.2 Å². The summed E-state index contributed by atoms with van der Waals surface area (Å²) in [6.45, 7) is 3.47. The maximum Gasteiger partial charge on any atom is 0.326 e. The van der Waals surface area contributed by atoms with Crippen LogP contribution in [0.15, 0.2) is 59.5 Å². The van der Waals surface area contributed by atoms with Crippen molar-refractivity contribution in [2.75, 3.05) is 24.5 Å². The molecule has 5 rings (SSSR count). The number of hydrogen-bond acceptors (Lipinski definition) is 4. The Balaban J connectivity index is 1.80. The molecule has 2 N–H and O–H groups in total. The first-order valence-electron chi connectivity index (χ1n) is 11.4. The van der Waals surface area contributed by atoms with E-state index in [9.17, 15) is 13.2 Å². The van der Waals surface area contributed by atoms with E-state index in [4.69, 9.17) is 34.8 Å². The molecule has 0 bridgehead atoms. The second-order valence-electron chi connectivity index (χ2n) is 8.68. The van der Waals surface area contributed by atoms with Crippen LogP contribution in [0.4, 0.5) is 16.2 Å². The van der Waals surface area contributed by atoms with Crippen LogP contribution < -0.4 is 15.5 Å². The Kier molecular flexibility index (Phi) is 6.93. The van der Waals surface area contributed by atoms with Crippen molar-refractivity contribution in [2.45, 2.75) is 24.4 Å². The van der Waals surface area contributed by atoms with Gasteiger partial charge in [0.2, 0.25) is 10.0 Å². The van der Waals surface area contributed by atoms with E-state index in [0.717, 1.165) is 0 Å². The maximum absolute atomic E-state index is 13.9. The molecule has 2 amide bonds. The predicted molar refractivity (Wildman–Crippen MR) is 144 cm³/mol. The van der Waals surface area contributed by atoms with Crippen LogP contribution >= 0.6 is 34.8 Å². The van der Waals surface area contributed by atoms with Gasteiger partial charge in [-0.3, -0.25) is 4.90 Å². The molecule has 1 atom stereocenters. The molecule has 1 fully saturated rings. The van der Waals surface area contributed by atoms with Crippen molar-refractivity contribution in [3.05, 3.63) is 75.2 Å². The van der Waals surface area contributed by atoms with Crippen molar-refractivity contribution < 1.29 is 13.2 Å². The first-order valence-corrected chi connectivity index (χ1v) is 13.9. The molecule has 36 heavy (non-hydrogen) atoms. The number of carbonyl (C=O) groups excluding carboxylic acids is 1. The van der Waals surface area contributed by atoms with E-state index >= 15 is 0 Å². The summed E-state index contributed by atoms with van der Waals surface area (Å²) in [4.78, 5) is 14.6. The third-order valence-corrected chi connectivity index (χ3v) is 9.36. The molecule has 3 aromatic carbocycles. The van der Waals surface area contributed by atoms with Gasteiger partial charge in [-0.05, 0) is 42.8 Å². The van der Waals surface area contributed by atoms with Crippen LogP contribution in [0.2, 0.25) is 15.1 Å². The molecule has 2 aliphatic heterocycles. The van der Waals surface area contributed by atoms with Gasteiger partial charge in [0.05, 0.1) is 26.3 Å². The number of piperazine rings is 1. The second kappa shape index (κ2) is 9.85. The summed E-state index contributed by atoms with van der Waals surface area (Å²) < 4.78 is 29.3. The average molecular weight is 566 g/mol. The first-order chi connectivity index (χ1) is 17.2. The Bertz CT molecular complexity index is 1440. The quantitative estimate of drug-likeness (QED) is 0.428. The number of amides is 2. The van der Waals surface area contributed by atoms with Gasteiger partial charge in [-0.1, -0.05) is 59.1 Å². The lowest BCUT2D eigenvalue weighted by molar-refractivity contribution is 0.247. The lowest BCUT2D eigenvalue weighted by Gasteiger charge is -2.35. The maximum atomic E-state index is 13.9. The molecule has 1 saturated heterocycles. The van der Waals surface area contributed by atoms with Crippen molar-refractivity contribution in [2.24, 2.45) is 0 Å². The highest BCUT2D eigenvalue weighted by molar-refractivity contribution is 7.89. The molecule has 0 saturated carbocycles. The summed E-state index contributed by atoms with van der Waals surface area (Å²) in [5.74, 6) is 0. The van der Waals surface area contributed by atoms with E-state index in [0.29, 0.717) is 47.0 Å². The minimum Gasteiger partial charge on any atom is -0.333 e. The molecule has 11 heteroatoms. The summed E-state index contributed by atoms with van der Waals surface area (Å²) >= 11 is 19.5. The number of sulfonamides is 1. The second-order valence-corrected chi connectivity index (χ2v) is 11.8. The highest BCUT2D eigenvalue weighted by atomic mass is 35.5. The number of carbonyl (C=O) groups is 1. The van der Waals surface area contributed by atoms with Gasteiger partial charge in [0.15, 0.2) is 0 Å². The fourth-order valence-corrected chi connectivity index (χ4v) is 7.16. The molecule has 188 valence electrons. The Labute approximate surface area is 225 Å². The largest absolute Gasteiger partial charge is 0.333 e. The van der Waals surface area contributed by atoms with Crippen molar-refractivity contribution in [3.63, 3.8) is 0 Å². The average Bonchev–Trinajstić information content (AvgIpc) is 2.85.